The predicted molar refractivity (Wildman–Crippen MR) is 59.8 cm³/mol. The molecule has 0 aromatic carbocycles. The Morgan fingerprint density at radius 2 is 2.14 bits per heavy atom. The van der Waals surface area contributed by atoms with Crippen molar-refractivity contribution in [1.82, 2.24) is 4.90 Å². The van der Waals surface area contributed by atoms with Crippen molar-refractivity contribution in [2.45, 2.75) is 31.4 Å². The van der Waals surface area contributed by atoms with Crippen LogP contribution in [-0.4, -0.2) is 46.6 Å². The maximum Gasteiger partial charge on any atom is 0.304 e. The molecule has 0 spiro atoms. The number of nitrogens with zero attached hydrogens (tertiary/aromatic N) is 1. The first-order valence-electron chi connectivity index (χ1n) is 5.24. The molecule has 1 fully saturated rings. The van der Waals surface area contributed by atoms with E-state index in [1.54, 1.807) is 11.8 Å². The van der Waals surface area contributed by atoms with E-state index in [9.17, 15) is 4.79 Å². The van der Waals surface area contributed by atoms with E-state index >= 15 is 0 Å². The van der Waals surface area contributed by atoms with E-state index in [1.807, 2.05) is 6.92 Å². The van der Waals surface area contributed by atoms with Gasteiger partial charge in [0, 0.05) is 17.5 Å². The summed E-state index contributed by atoms with van der Waals surface area (Å²) in [4.78, 5) is 12.9. The third-order valence-electron chi connectivity index (χ3n) is 2.47. The monoisotopic (exact) mass is 217 g/mol. The Bertz CT molecular complexity index is 181. The van der Waals surface area contributed by atoms with Gasteiger partial charge >= 0.3 is 5.97 Å². The molecule has 82 valence electrons. The number of likely N-dealkylation sites (tertiary alicyclic amines) is 1. The van der Waals surface area contributed by atoms with Crippen LogP contribution in [0.2, 0.25) is 0 Å². The average Bonchev–Trinajstić information content (AvgIpc) is 2.55. The molecule has 0 aliphatic carbocycles. The van der Waals surface area contributed by atoms with Crippen LogP contribution >= 0.6 is 11.8 Å². The Hall–Kier alpha value is -0.220. The largest absolute Gasteiger partial charge is 0.481 e. The van der Waals surface area contributed by atoms with E-state index in [-0.39, 0.29) is 11.7 Å². The number of hydrogen-bond donors (Lipinski definition) is 1. The van der Waals surface area contributed by atoms with Gasteiger partial charge in [-0.1, -0.05) is 6.92 Å². The van der Waals surface area contributed by atoms with Gasteiger partial charge in [0.25, 0.3) is 0 Å². The highest BCUT2D eigenvalue weighted by atomic mass is 32.2. The molecule has 1 aliphatic rings. The second-order valence-corrected chi connectivity index (χ2v) is 5.37. The summed E-state index contributed by atoms with van der Waals surface area (Å²) >= 11 is 1.77. The fourth-order valence-corrected chi connectivity index (χ4v) is 2.72. The molecular weight excluding hydrogens is 198 g/mol. The van der Waals surface area contributed by atoms with Crippen LogP contribution in [0.3, 0.4) is 0 Å². The second-order valence-electron chi connectivity index (χ2n) is 3.83. The van der Waals surface area contributed by atoms with E-state index < -0.39 is 5.97 Å². The highest BCUT2D eigenvalue weighted by molar-refractivity contribution is 7.99. The first kappa shape index (κ1) is 11.9. The minimum absolute atomic E-state index is 0.245. The van der Waals surface area contributed by atoms with Crippen molar-refractivity contribution < 1.29 is 9.90 Å². The summed E-state index contributed by atoms with van der Waals surface area (Å²) in [5, 5.41) is 8.82. The molecule has 0 amide bonds. The number of carboxylic acid groups (broad SMARTS) is 1. The third-order valence-corrected chi connectivity index (χ3v) is 3.62. The van der Waals surface area contributed by atoms with E-state index in [0.717, 1.165) is 12.3 Å². The van der Waals surface area contributed by atoms with Crippen LogP contribution in [0, 0.1) is 0 Å². The predicted octanol–water partition coefficient (Wildman–Crippen LogP) is 1.68. The summed E-state index contributed by atoms with van der Waals surface area (Å²) in [5.41, 5.74) is 0. The van der Waals surface area contributed by atoms with Gasteiger partial charge in [-0.25, -0.2) is 0 Å². The normalized spacial score (nSPS) is 19.8. The van der Waals surface area contributed by atoms with Gasteiger partial charge in [-0.3, -0.25) is 4.79 Å². The van der Waals surface area contributed by atoms with Crippen molar-refractivity contribution in [3.05, 3.63) is 0 Å². The molecule has 1 aliphatic heterocycles. The summed E-state index contributed by atoms with van der Waals surface area (Å²) in [6.45, 7) is 5.57. The second kappa shape index (κ2) is 6.30. The van der Waals surface area contributed by atoms with Crippen LogP contribution in [-0.2, 0) is 4.79 Å². The molecule has 0 aromatic heterocycles. The number of hydrogen-bond acceptors (Lipinski definition) is 3. The Morgan fingerprint density at radius 3 is 2.71 bits per heavy atom. The van der Waals surface area contributed by atoms with Gasteiger partial charge in [-0.2, -0.15) is 11.8 Å². The molecule has 0 radical (unpaired) electrons. The van der Waals surface area contributed by atoms with Crippen molar-refractivity contribution in [2.24, 2.45) is 0 Å². The lowest BCUT2D eigenvalue weighted by Crippen LogP contribution is -2.22. The van der Waals surface area contributed by atoms with Gasteiger partial charge in [0.2, 0.25) is 0 Å². The molecule has 1 rings (SSSR count). The van der Waals surface area contributed by atoms with Gasteiger partial charge in [0.15, 0.2) is 0 Å². The smallest absolute Gasteiger partial charge is 0.304 e. The van der Waals surface area contributed by atoms with E-state index in [2.05, 4.69) is 4.90 Å². The van der Waals surface area contributed by atoms with E-state index in [1.165, 1.54) is 25.9 Å². The molecule has 0 aromatic rings. The zero-order valence-corrected chi connectivity index (χ0v) is 9.55. The van der Waals surface area contributed by atoms with Gasteiger partial charge in [-0.05, 0) is 25.9 Å². The van der Waals surface area contributed by atoms with Crippen molar-refractivity contribution in [3.63, 3.8) is 0 Å². The molecule has 0 bridgehead atoms. The number of rotatable bonds is 6. The maximum absolute atomic E-state index is 10.4. The quantitative estimate of drug-likeness (QED) is 0.735. The van der Waals surface area contributed by atoms with Crippen molar-refractivity contribution in [1.29, 1.82) is 0 Å². The molecule has 14 heavy (non-hydrogen) atoms. The molecule has 1 unspecified atom stereocenters. The molecule has 1 atom stereocenters. The molecule has 3 nitrogen and oxygen atoms in total. The lowest BCUT2D eigenvalue weighted by molar-refractivity contribution is -0.136. The first-order chi connectivity index (χ1) is 6.68. The van der Waals surface area contributed by atoms with E-state index in [0.29, 0.717) is 0 Å². The van der Waals surface area contributed by atoms with Gasteiger partial charge in [0.05, 0.1) is 6.42 Å². The summed E-state index contributed by atoms with van der Waals surface area (Å²) in [5.74, 6) is 0.375. The number of carbonyl (C=O) groups is 1. The highest BCUT2D eigenvalue weighted by Crippen LogP contribution is 2.15. The molecule has 0 saturated carbocycles. The summed E-state index contributed by atoms with van der Waals surface area (Å²) in [6, 6.07) is 0. The van der Waals surface area contributed by atoms with Crippen LogP contribution in [0.25, 0.3) is 0 Å². The third kappa shape index (κ3) is 4.86. The maximum atomic E-state index is 10.4. The number of aliphatic carboxylic acids is 1. The van der Waals surface area contributed by atoms with Gasteiger partial charge < -0.3 is 10.0 Å². The Balaban J connectivity index is 1.99. The van der Waals surface area contributed by atoms with Crippen LogP contribution < -0.4 is 0 Å². The Kier molecular flexibility index (Phi) is 5.33. The average molecular weight is 217 g/mol. The van der Waals surface area contributed by atoms with Crippen LogP contribution in [0.15, 0.2) is 0 Å². The standard InChI is InChI=1S/C10H19NO2S/c1-9(8-10(12)13)14-7-6-11-4-2-3-5-11/h9H,2-8H2,1H3,(H,12,13). The van der Waals surface area contributed by atoms with Gasteiger partial charge in [0.1, 0.15) is 0 Å². The van der Waals surface area contributed by atoms with Crippen LogP contribution in [0.5, 0.6) is 0 Å². The topological polar surface area (TPSA) is 40.5 Å². The number of thioether (sulfide) groups is 1. The zero-order valence-electron chi connectivity index (χ0n) is 8.74. The molecule has 1 N–H and O–H groups in total. The molecule has 4 heteroatoms. The molecule has 1 saturated heterocycles. The highest BCUT2D eigenvalue weighted by Gasteiger charge is 2.12. The Morgan fingerprint density at radius 1 is 1.50 bits per heavy atom. The Labute approximate surface area is 89.9 Å². The number of carboxylic acids is 1. The summed E-state index contributed by atoms with van der Waals surface area (Å²) in [6.07, 6.45) is 2.94. The SMILES string of the molecule is CC(CC(=O)O)SCCN1CCCC1. The minimum atomic E-state index is -0.689. The van der Waals surface area contributed by atoms with Crippen molar-refractivity contribution in [2.75, 3.05) is 25.4 Å². The summed E-state index contributed by atoms with van der Waals surface area (Å²) in [7, 11) is 0. The van der Waals surface area contributed by atoms with Crippen molar-refractivity contribution >= 4 is 17.7 Å². The lowest BCUT2D eigenvalue weighted by Gasteiger charge is -2.15. The fraction of sp³-hybridized carbons (Fsp3) is 0.900. The molecular formula is C10H19NO2S. The fourth-order valence-electron chi connectivity index (χ4n) is 1.69. The van der Waals surface area contributed by atoms with E-state index in [4.69, 9.17) is 5.11 Å². The lowest BCUT2D eigenvalue weighted by atomic mass is 10.3. The van der Waals surface area contributed by atoms with Crippen LogP contribution in [0.1, 0.15) is 26.2 Å². The summed E-state index contributed by atoms with van der Waals surface area (Å²) < 4.78 is 0. The molecule has 1 heterocycles. The van der Waals surface area contributed by atoms with Crippen molar-refractivity contribution in [3.8, 4) is 0 Å². The first-order valence-corrected chi connectivity index (χ1v) is 6.29. The van der Waals surface area contributed by atoms with Gasteiger partial charge in [-0.15, -0.1) is 0 Å². The minimum Gasteiger partial charge on any atom is -0.481 e. The van der Waals surface area contributed by atoms with Crippen LogP contribution in [0.4, 0.5) is 0 Å². The zero-order chi connectivity index (χ0) is 10.4.